The molecule has 0 spiro atoms. The van der Waals surface area contributed by atoms with Crippen LogP contribution in [0.3, 0.4) is 0 Å². The van der Waals surface area contributed by atoms with Crippen molar-refractivity contribution in [3.63, 3.8) is 0 Å². The average Bonchev–Trinajstić information content (AvgIpc) is 2.72. The fraction of sp³-hybridized carbons (Fsp3) is 0.364. The molecule has 0 bridgehead atoms. The van der Waals surface area contributed by atoms with Gasteiger partial charge in [-0.05, 0) is 56.5 Å². The maximum absolute atomic E-state index is 14.7. The lowest BCUT2D eigenvalue weighted by Crippen LogP contribution is -2.42. The van der Waals surface area contributed by atoms with Crippen molar-refractivity contribution in [2.24, 2.45) is 0 Å². The third kappa shape index (κ3) is 4.21. The molecule has 1 aliphatic carbocycles. The Morgan fingerprint density at radius 2 is 1.91 bits per heavy atom. The molecular formula is C22H20ClF3N4O2. The van der Waals surface area contributed by atoms with Crippen molar-refractivity contribution < 1.29 is 18.0 Å². The van der Waals surface area contributed by atoms with Crippen LogP contribution >= 0.6 is 11.6 Å². The highest BCUT2D eigenvalue weighted by molar-refractivity contribution is 6.30. The molecule has 0 radical (unpaired) electrons. The van der Waals surface area contributed by atoms with E-state index in [1.807, 2.05) is 0 Å². The van der Waals surface area contributed by atoms with E-state index < -0.39 is 34.8 Å². The van der Waals surface area contributed by atoms with Gasteiger partial charge in [0.2, 0.25) is 11.4 Å². The summed E-state index contributed by atoms with van der Waals surface area (Å²) in [7, 11) is 0. The first-order valence-corrected chi connectivity index (χ1v) is 10.5. The number of carbonyl (C=O) groups is 1. The number of nitrogens with zero attached hydrogens (tertiary/aromatic N) is 3. The Morgan fingerprint density at radius 1 is 1.22 bits per heavy atom. The van der Waals surface area contributed by atoms with Gasteiger partial charge in [0.1, 0.15) is 17.0 Å². The number of rotatable bonds is 3. The number of benzene rings is 1. The quantitative estimate of drug-likeness (QED) is 0.619. The smallest absolute Gasteiger partial charge is 0.276 e. The number of aryl methyl sites for hydroxylation is 2. The number of carbonyl (C=O) groups excluding carboxylic acids is 1. The summed E-state index contributed by atoms with van der Waals surface area (Å²) >= 11 is 5.85. The van der Waals surface area contributed by atoms with Gasteiger partial charge in [-0.2, -0.15) is 5.10 Å². The van der Waals surface area contributed by atoms with E-state index in [1.54, 1.807) is 19.9 Å². The molecule has 10 heteroatoms. The lowest BCUT2D eigenvalue weighted by molar-refractivity contribution is -0.0399. The third-order valence-electron chi connectivity index (χ3n) is 5.71. The van der Waals surface area contributed by atoms with Crippen LogP contribution in [0.1, 0.15) is 47.4 Å². The molecule has 3 aromatic rings. The van der Waals surface area contributed by atoms with Crippen molar-refractivity contribution in [1.29, 1.82) is 0 Å². The SMILES string of the molecule is Cc1cc2c(nc1C)c(=O)c(C(=O)NC1CCC(F)(F)CC1)nn2-c1ccc(Cl)cc1F. The lowest BCUT2D eigenvalue weighted by atomic mass is 9.92. The number of pyridine rings is 1. The Kier molecular flexibility index (Phi) is 5.70. The Labute approximate surface area is 186 Å². The summed E-state index contributed by atoms with van der Waals surface area (Å²) in [6, 6.07) is 5.08. The molecule has 1 amide bonds. The number of amides is 1. The molecule has 0 saturated heterocycles. The van der Waals surface area contributed by atoms with Gasteiger partial charge in [0.15, 0.2) is 5.69 Å². The monoisotopic (exact) mass is 464 g/mol. The maximum atomic E-state index is 14.7. The van der Waals surface area contributed by atoms with Crippen molar-refractivity contribution in [3.8, 4) is 5.69 Å². The van der Waals surface area contributed by atoms with Crippen LogP contribution in [0.4, 0.5) is 13.2 Å². The molecule has 1 N–H and O–H groups in total. The van der Waals surface area contributed by atoms with Crippen molar-refractivity contribution in [2.75, 3.05) is 0 Å². The maximum Gasteiger partial charge on any atom is 0.276 e. The Balaban J connectivity index is 1.83. The predicted molar refractivity (Wildman–Crippen MR) is 114 cm³/mol. The normalized spacial score (nSPS) is 16.3. The predicted octanol–water partition coefficient (Wildman–Crippen LogP) is 4.50. The number of halogens is 4. The highest BCUT2D eigenvalue weighted by Gasteiger charge is 2.36. The van der Waals surface area contributed by atoms with Gasteiger partial charge >= 0.3 is 0 Å². The van der Waals surface area contributed by atoms with Crippen molar-refractivity contribution in [1.82, 2.24) is 20.1 Å². The highest BCUT2D eigenvalue weighted by Crippen LogP contribution is 2.33. The summed E-state index contributed by atoms with van der Waals surface area (Å²) in [5, 5.41) is 6.94. The molecule has 32 heavy (non-hydrogen) atoms. The molecule has 4 rings (SSSR count). The van der Waals surface area contributed by atoms with E-state index in [2.05, 4.69) is 15.4 Å². The van der Waals surface area contributed by atoms with Crippen LogP contribution in [0.25, 0.3) is 16.7 Å². The van der Waals surface area contributed by atoms with E-state index in [-0.39, 0.29) is 47.4 Å². The van der Waals surface area contributed by atoms with Crippen LogP contribution < -0.4 is 10.7 Å². The second-order valence-electron chi connectivity index (χ2n) is 8.05. The minimum Gasteiger partial charge on any atom is -0.348 e. The molecule has 1 aromatic carbocycles. The summed E-state index contributed by atoms with van der Waals surface area (Å²) in [5.74, 6) is -4.26. The molecule has 0 unspecified atom stereocenters. The van der Waals surface area contributed by atoms with Crippen molar-refractivity contribution in [3.05, 3.63) is 62.3 Å². The van der Waals surface area contributed by atoms with Gasteiger partial charge in [-0.1, -0.05) is 11.6 Å². The van der Waals surface area contributed by atoms with E-state index in [9.17, 15) is 22.8 Å². The fourth-order valence-corrected chi connectivity index (χ4v) is 3.91. The number of hydrogen-bond donors (Lipinski definition) is 1. The Morgan fingerprint density at radius 3 is 2.56 bits per heavy atom. The zero-order valence-electron chi connectivity index (χ0n) is 17.4. The molecule has 1 saturated carbocycles. The van der Waals surface area contributed by atoms with E-state index >= 15 is 0 Å². The third-order valence-corrected chi connectivity index (χ3v) is 5.94. The van der Waals surface area contributed by atoms with Crippen LogP contribution in [0.2, 0.25) is 5.02 Å². The molecule has 1 aliphatic rings. The van der Waals surface area contributed by atoms with E-state index in [4.69, 9.17) is 11.6 Å². The molecule has 0 atom stereocenters. The second kappa shape index (κ2) is 8.20. The van der Waals surface area contributed by atoms with E-state index in [0.717, 1.165) is 16.3 Å². The summed E-state index contributed by atoms with van der Waals surface area (Å²) in [4.78, 5) is 30.3. The number of hydrogen-bond acceptors (Lipinski definition) is 4. The number of alkyl halides is 2. The summed E-state index contributed by atoms with van der Waals surface area (Å²) in [5.41, 5.74) is 0.293. The molecule has 2 aromatic heterocycles. The standard InChI is InChI=1S/C22H20ClF3N4O2/c1-11-9-17-18(27-12(11)2)20(31)19(21(32)28-14-5-7-22(25,26)8-6-14)29-30(17)16-4-3-13(23)10-15(16)24/h3-4,9-10,14H,5-8H2,1-2H3,(H,28,32). The lowest BCUT2D eigenvalue weighted by Gasteiger charge is -2.28. The molecule has 168 valence electrons. The first kappa shape index (κ1) is 22.3. The minimum atomic E-state index is -2.75. The molecule has 0 aliphatic heterocycles. The fourth-order valence-electron chi connectivity index (χ4n) is 3.75. The van der Waals surface area contributed by atoms with Gasteiger partial charge < -0.3 is 5.32 Å². The average molecular weight is 465 g/mol. The van der Waals surface area contributed by atoms with Gasteiger partial charge in [-0.25, -0.2) is 22.8 Å². The van der Waals surface area contributed by atoms with Gasteiger partial charge in [-0.15, -0.1) is 0 Å². The first-order valence-electron chi connectivity index (χ1n) is 10.1. The Hall–Kier alpha value is -2.94. The number of fused-ring (bicyclic) bond motifs is 1. The Bertz CT molecular complexity index is 1280. The van der Waals surface area contributed by atoms with Crippen LogP contribution in [0.15, 0.2) is 29.1 Å². The van der Waals surface area contributed by atoms with Crippen molar-refractivity contribution in [2.45, 2.75) is 51.5 Å². The number of nitrogens with one attached hydrogen (secondary N) is 1. The topological polar surface area (TPSA) is 76.9 Å². The summed E-state index contributed by atoms with van der Waals surface area (Å²) in [6.45, 7) is 3.50. The van der Waals surface area contributed by atoms with Crippen molar-refractivity contribution >= 4 is 28.5 Å². The molecular weight excluding hydrogens is 445 g/mol. The minimum absolute atomic E-state index is 0.0178. The highest BCUT2D eigenvalue weighted by atomic mass is 35.5. The largest absolute Gasteiger partial charge is 0.348 e. The molecule has 1 fully saturated rings. The van der Waals surface area contributed by atoms with Crippen LogP contribution in [-0.2, 0) is 0 Å². The van der Waals surface area contributed by atoms with Gasteiger partial charge in [0.05, 0.1) is 5.52 Å². The number of aromatic nitrogens is 3. The summed E-state index contributed by atoms with van der Waals surface area (Å²) in [6.07, 6.45) is -0.515. The summed E-state index contributed by atoms with van der Waals surface area (Å²) < 4.78 is 42.7. The molecule has 2 heterocycles. The first-order chi connectivity index (χ1) is 15.1. The second-order valence-corrected chi connectivity index (χ2v) is 8.48. The van der Waals surface area contributed by atoms with E-state index in [0.29, 0.717) is 5.69 Å². The van der Waals surface area contributed by atoms with Crippen LogP contribution in [0.5, 0.6) is 0 Å². The van der Waals surface area contributed by atoms with Gasteiger partial charge in [-0.3, -0.25) is 9.59 Å². The van der Waals surface area contributed by atoms with Crippen LogP contribution in [0, 0.1) is 19.7 Å². The molecule has 6 nitrogen and oxygen atoms in total. The van der Waals surface area contributed by atoms with Crippen LogP contribution in [-0.4, -0.2) is 32.6 Å². The zero-order valence-corrected chi connectivity index (χ0v) is 18.1. The van der Waals surface area contributed by atoms with Gasteiger partial charge in [0.25, 0.3) is 5.91 Å². The van der Waals surface area contributed by atoms with E-state index in [1.165, 1.54) is 12.1 Å². The van der Waals surface area contributed by atoms with Gasteiger partial charge in [0, 0.05) is 29.6 Å². The zero-order chi connectivity index (χ0) is 23.2.